The van der Waals surface area contributed by atoms with Crippen molar-refractivity contribution in [3.8, 4) is 0 Å². The maximum Gasteiger partial charge on any atom is 0.121 e. The van der Waals surface area contributed by atoms with Gasteiger partial charge < -0.3 is 10.1 Å². The lowest BCUT2D eigenvalue weighted by molar-refractivity contribution is 0.0725. The predicted octanol–water partition coefficient (Wildman–Crippen LogP) is 1.81. The van der Waals surface area contributed by atoms with Crippen LogP contribution in [0.4, 0.5) is 5.69 Å². The van der Waals surface area contributed by atoms with E-state index in [9.17, 15) is 0 Å². The van der Waals surface area contributed by atoms with Crippen LogP contribution >= 0.6 is 22.6 Å². The van der Waals surface area contributed by atoms with E-state index in [-0.39, 0.29) is 6.17 Å². The Labute approximate surface area is 97.4 Å². The number of anilines is 1. The zero-order chi connectivity index (χ0) is 9.80. The van der Waals surface area contributed by atoms with E-state index in [1.165, 1.54) is 0 Å². The van der Waals surface area contributed by atoms with Crippen molar-refractivity contribution in [1.29, 1.82) is 0 Å². The molecule has 1 aliphatic rings. The molecule has 76 valence electrons. The summed E-state index contributed by atoms with van der Waals surface area (Å²) < 4.78 is 5.82. The number of alkyl halides is 1. The van der Waals surface area contributed by atoms with Crippen molar-refractivity contribution >= 4 is 28.3 Å². The van der Waals surface area contributed by atoms with Crippen LogP contribution in [0.1, 0.15) is 0 Å². The number of nitrogens with one attached hydrogen (secondary N) is 2. The summed E-state index contributed by atoms with van der Waals surface area (Å²) in [6.07, 6.45) is 0.225. The van der Waals surface area contributed by atoms with E-state index in [1.54, 1.807) is 0 Å². The predicted molar refractivity (Wildman–Crippen MR) is 65.6 cm³/mol. The zero-order valence-electron chi connectivity index (χ0n) is 7.74. The molecule has 1 aromatic carbocycles. The lowest BCUT2D eigenvalue weighted by Crippen LogP contribution is -2.48. The minimum absolute atomic E-state index is 0.225. The molecule has 1 aliphatic heterocycles. The summed E-state index contributed by atoms with van der Waals surface area (Å²) in [5.74, 6) is 0. The van der Waals surface area contributed by atoms with Gasteiger partial charge in [-0.25, -0.2) is 0 Å². The van der Waals surface area contributed by atoms with Crippen LogP contribution in [0.25, 0.3) is 0 Å². The molecule has 0 bridgehead atoms. The molecule has 4 heteroatoms. The van der Waals surface area contributed by atoms with E-state index in [1.807, 2.05) is 18.2 Å². The molecule has 1 fully saturated rings. The summed E-state index contributed by atoms with van der Waals surface area (Å²) in [5, 5.41) is 6.74. The maximum absolute atomic E-state index is 5.52. The Balaban J connectivity index is 1.87. The van der Waals surface area contributed by atoms with Gasteiger partial charge in [0.25, 0.3) is 0 Å². The van der Waals surface area contributed by atoms with E-state index in [2.05, 4.69) is 45.4 Å². The van der Waals surface area contributed by atoms with Crippen LogP contribution in [0.3, 0.4) is 0 Å². The highest BCUT2D eigenvalue weighted by molar-refractivity contribution is 14.1. The number of hydrogen-bond donors (Lipinski definition) is 2. The molecule has 0 aromatic heterocycles. The maximum atomic E-state index is 5.52. The molecule has 0 amide bonds. The molecule has 0 spiro atoms. The lowest BCUT2D eigenvalue weighted by Gasteiger charge is -2.28. The summed E-state index contributed by atoms with van der Waals surface area (Å²) in [4.78, 5) is 0. The van der Waals surface area contributed by atoms with Crippen LogP contribution < -0.4 is 10.6 Å². The first kappa shape index (κ1) is 10.2. The molecule has 1 aromatic rings. The van der Waals surface area contributed by atoms with Crippen molar-refractivity contribution in [2.75, 3.05) is 18.5 Å². The first-order chi connectivity index (χ1) is 6.84. The standard InChI is InChI=1S/C10H13IN2O/c11-9-6-12-10(7-14-9)13-8-4-2-1-3-5-8/h1-5,9-10,12-13H,6-7H2. The number of benzene rings is 1. The van der Waals surface area contributed by atoms with Crippen LogP contribution in [-0.4, -0.2) is 23.4 Å². The number of ether oxygens (including phenoxy) is 1. The molecule has 0 saturated carbocycles. The molecule has 2 unspecified atom stereocenters. The molecular weight excluding hydrogens is 291 g/mol. The van der Waals surface area contributed by atoms with Gasteiger partial charge in [-0.2, -0.15) is 0 Å². The van der Waals surface area contributed by atoms with Crippen LogP contribution in [0.5, 0.6) is 0 Å². The second-order valence-electron chi connectivity index (χ2n) is 3.21. The van der Waals surface area contributed by atoms with Crippen molar-refractivity contribution in [3.63, 3.8) is 0 Å². The summed E-state index contributed by atoms with van der Waals surface area (Å²) in [7, 11) is 0. The molecule has 2 N–H and O–H groups in total. The Morgan fingerprint density at radius 3 is 2.79 bits per heavy atom. The van der Waals surface area contributed by atoms with Gasteiger partial charge in [0.05, 0.1) is 6.61 Å². The Bertz CT molecular complexity index is 273. The van der Waals surface area contributed by atoms with Gasteiger partial charge in [0.2, 0.25) is 0 Å². The zero-order valence-corrected chi connectivity index (χ0v) is 9.90. The Hall–Kier alpha value is -0.330. The monoisotopic (exact) mass is 304 g/mol. The highest BCUT2D eigenvalue weighted by Crippen LogP contribution is 2.11. The molecule has 1 heterocycles. The Kier molecular flexibility index (Phi) is 3.61. The highest BCUT2D eigenvalue weighted by atomic mass is 127. The lowest BCUT2D eigenvalue weighted by atomic mass is 10.3. The smallest absolute Gasteiger partial charge is 0.121 e. The van der Waals surface area contributed by atoms with E-state index in [0.29, 0.717) is 10.7 Å². The van der Waals surface area contributed by atoms with Crippen molar-refractivity contribution in [2.24, 2.45) is 0 Å². The molecule has 3 nitrogen and oxygen atoms in total. The number of halogens is 1. The molecule has 14 heavy (non-hydrogen) atoms. The minimum atomic E-state index is 0.225. The molecule has 2 rings (SSSR count). The van der Waals surface area contributed by atoms with Gasteiger partial charge in [-0.15, -0.1) is 0 Å². The number of hydrogen-bond acceptors (Lipinski definition) is 3. The number of morpholine rings is 1. The molecule has 0 radical (unpaired) electrons. The molecule has 2 atom stereocenters. The second kappa shape index (κ2) is 4.95. The van der Waals surface area contributed by atoms with Gasteiger partial charge in [-0.3, -0.25) is 5.32 Å². The normalized spacial score (nSPS) is 27.2. The van der Waals surface area contributed by atoms with Crippen LogP contribution in [0, 0.1) is 0 Å². The Morgan fingerprint density at radius 1 is 1.36 bits per heavy atom. The van der Waals surface area contributed by atoms with E-state index in [4.69, 9.17) is 4.74 Å². The first-order valence-electron chi connectivity index (χ1n) is 4.65. The van der Waals surface area contributed by atoms with Gasteiger partial charge >= 0.3 is 0 Å². The van der Waals surface area contributed by atoms with Crippen molar-refractivity contribution in [1.82, 2.24) is 5.32 Å². The SMILES string of the molecule is IC1CNC(Nc2ccccc2)CO1. The first-order valence-corrected chi connectivity index (χ1v) is 5.90. The van der Waals surface area contributed by atoms with Crippen molar-refractivity contribution in [2.45, 2.75) is 10.3 Å². The van der Waals surface area contributed by atoms with E-state index in [0.717, 1.165) is 12.2 Å². The molecular formula is C10H13IN2O. The average Bonchev–Trinajstić information content (AvgIpc) is 2.23. The minimum Gasteiger partial charge on any atom is -0.368 e. The van der Waals surface area contributed by atoms with Crippen LogP contribution in [-0.2, 0) is 4.74 Å². The van der Waals surface area contributed by atoms with E-state index >= 15 is 0 Å². The number of rotatable bonds is 2. The third kappa shape index (κ3) is 2.83. The molecule has 1 saturated heterocycles. The van der Waals surface area contributed by atoms with Gasteiger partial charge in [0.15, 0.2) is 0 Å². The fraction of sp³-hybridized carbons (Fsp3) is 0.400. The van der Waals surface area contributed by atoms with Gasteiger partial charge in [-0.05, 0) is 34.7 Å². The largest absolute Gasteiger partial charge is 0.368 e. The summed E-state index contributed by atoms with van der Waals surface area (Å²) in [5.41, 5.74) is 1.13. The summed E-state index contributed by atoms with van der Waals surface area (Å²) in [6.45, 7) is 1.60. The molecule has 0 aliphatic carbocycles. The number of para-hydroxylation sites is 1. The third-order valence-electron chi connectivity index (χ3n) is 2.08. The highest BCUT2D eigenvalue weighted by Gasteiger charge is 2.17. The topological polar surface area (TPSA) is 33.3 Å². The quantitative estimate of drug-likeness (QED) is 0.646. The fourth-order valence-corrected chi connectivity index (χ4v) is 1.84. The average molecular weight is 304 g/mol. The third-order valence-corrected chi connectivity index (χ3v) is 2.88. The van der Waals surface area contributed by atoms with Gasteiger partial charge in [0.1, 0.15) is 10.3 Å². The summed E-state index contributed by atoms with van der Waals surface area (Å²) in [6, 6.07) is 10.2. The van der Waals surface area contributed by atoms with Crippen molar-refractivity contribution < 1.29 is 4.74 Å². The van der Waals surface area contributed by atoms with Crippen LogP contribution in [0.2, 0.25) is 0 Å². The van der Waals surface area contributed by atoms with Crippen molar-refractivity contribution in [3.05, 3.63) is 30.3 Å². The van der Waals surface area contributed by atoms with Gasteiger partial charge in [-0.1, -0.05) is 18.2 Å². The Morgan fingerprint density at radius 2 is 2.14 bits per heavy atom. The van der Waals surface area contributed by atoms with Gasteiger partial charge in [0, 0.05) is 12.2 Å². The summed E-state index contributed by atoms with van der Waals surface area (Å²) >= 11 is 2.29. The van der Waals surface area contributed by atoms with Crippen LogP contribution in [0.15, 0.2) is 30.3 Å². The second-order valence-corrected chi connectivity index (χ2v) is 4.60. The van der Waals surface area contributed by atoms with E-state index < -0.39 is 0 Å². The fourth-order valence-electron chi connectivity index (χ4n) is 1.38.